The first-order valence-electron chi connectivity index (χ1n) is 12.7. The number of benzene rings is 3. The van der Waals surface area contributed by atoms with Gasteiger partial charge in [-0.15, -0.1) is 0 Å². The van der Waals surface area contributed by atoms with Crippen LogP contribution < -0.4 is 9.47 Å². The molecule has 5 rings (SSSR count). The first kappa shape index (κ1) is 25.0. The molecule has 8 nitrogen and oxygen atoms in total. The number of morpholine rings is 1. The number of nitro groups is 1. The normalized spacial score (nSPS) is 20.7. The minimum absolute atomic E-state index is 0.0198. The lowest BCUT2D eigenvalue weighted by atomic mass is 9.88. The van der Waals surface area contributed by atoms with Crippen LogP contribution >= 0.6 is 0 Å². The fourth-order valence-corrected chi connectivity index (χ4v) is 5.23. The SMILES string of the molecule is CC1CN(C(=O)c2cc3c(OCc4ccc([N+](=O)[O-])cc4)cccc3c3c2CCC(C)(C)O3)CC(C)O1. The van der Waals surface area contributed by atoms with Crippen molar-refractivity contribution in [3.63, 3.8) is 0 Å². The lowest BCUT2D eigenvalue weighted by Crippen LogP contribution is -2.48. The summed E-state index contributed by atoms with van der Waals surface area (Å²) >= 11 is 0. The minimum atomic E-state index is -0.422. The Hall–Kier alpha value is -3.65. The smallest absolute Gasteiger partial charge is 0.269 e. The molecular weight excluding hydrogens is 472 g/mol. The predicted octanol–water partition coefficient (Wildman–Crippen LogP) is 5.68. The molecular formula is C29H32N2O6. The van der Waals surface area contributed by atoms with E-state index in [2.05, 4.69) is 13.8 Å². The van der Waals surface area contributed by atoms with Gasteiger partial charge in [-0.05, 0) is 70.4 Å². The maximum atomic E-state index is 13.9. The maximum absolute atomic E-state index is 13.9. The van der Waals surface area contributed by atoms with Gasteiger partial charge in [0.2, 0.25) is 0 Å². The maximum Gasteiger partial charge on any atom is 0.269 e. The molecule has 2 heterocycles. The highest BCUT2D eigenvalue weighted by Crippen LogP contribution is 2.43. The van der Waals surface area contributed by atoms with E-state index in [0.29, 0.717) is 24.4 Å². The predicted molar refractivity (Wildman–Crippen MR) is 140 cm³/mol. The molecule has 2 unspecified atom stereocenters. The fourth-order valence-electron chi connectivity index (χ4n) is 5.23. The van der Waals surface area contributed by atoms with Crippen LogP contribution in [-0.2, 0) is 17.8 Å². The molecule has 0 N–H and O–H groups in total. The zero-order chi connectivity index (χ0) is 26.3. The van der Waals surface area contributed by atoms with E-state index in [1.54, 1.807) is 12.1 Å². The lowest BCUT2D eigenvalue weighted by molar-refractivity contribution is -0.384. The van der Waals surface area contributed by atoms with Crippen molar-refractivity contribution < 1.29 is 23.9 Å². The fraction of sp³-hybridized carbons (Fsp3) is 0.414. The van der Waals surface area contributed by atoms with Crippen molar-refractivity contribution in [2.24, 2.45) is 0 Å². The first-order chi connectivity index (χ1) is 17.6. The summed E-state index contributed by atoms with van der Waals surface area (Å²) in [6, 6.07) is 14.0. The number of rotatable bonds is 5. The number of hydrogen-bond acceptors (Lipinski definition) is 6. The van der Waals surface area contributed by atoms with Crippen LogP contribution in [0.15, 0.2) is 48.5 Å². The average Bonchev–Trinajstić information content (AvgIpc) is 2.85. The van der Waals surface area contributed by atoms with Gasteiger partial charge in [-0.1, -0.05) is 12.1 Å². The van der Waals surface area contributed by atoms with E-state index in [-0.39, 0.29) is 36.0 Å². The van der Waals surface area contributed by atoms with E-state index in [4.69, 9.17) is 14.2 Å². The summed E-state index contributed by atoms with van der Waals surface area (Å²) in [7, 11) is 0. The van der Waals surface area contributed by atoms with Crippen molar-refractivity contribution in [3.05, 3.63) is 75.3 Å². The van der Waals surface area contributed by atoms with Crippen LogP contribution in [-0.4, -0.2) is 46.6 Å². The quantitative estimate of drug-likeness (QED) is 0.328. The molecule has 0 spiro atoms. The second kappa shape index (κ2) is 9.67. The van der Waals surface area contributed by atoms with Crippen LogP contribution in [0, 0.1) is 10.1 Å². The van der Waals surface area contributed by atoms with E-state index in [9.17, 15) is 14.9 Å². The molecule has 0 aliphatic carbocycles. The van der Waals surface area contributed by atoms with Crippen LogP contribution in [0.4, 0.5) is 5.69 Å². The van der Waals surface area contributed by atoms with Crippen LogP contribution in [0.5, 0.6) is 11.5 Å². The first-order valence-corrected chi connectivity index (χ1v) is 12.7. The van der Waals surface area contributed by atoms with Crippen molar-refractivity contribution in [2.75, 3.05) is 13.1 Å². The highest BCUT2D eigenvalue weighted by Gasteiger charge is 2.34. The Kier molecular flexibility index (Phi) is 6.54. The van der Waals surface area contributed by atoms with Gasteiger partial charge in [0.15, 0.2) is 0 Å². The number of amides is 1. The molecule has 8 heteroatoms. The van der Waals surface area contributed by atoms with Crippen LogP contribution in [0.1, 0.15) is 55.6 Å². The number of hydrogen-bond donors (Lipinski definition) is 0. The molecule has 2 aliphatic rings. The lowest BCUT2D eigenvalue weighted by Gasteiger charge is -2.37. The zero-order valence-corrected chi connectivity index (χ0v) is 21.7. The standard InChI is InChI=1S/C29H32N2O6/c1-18-15-30(16-19(2)36-18)28(32)25-14-24-22(27-23(25)12-13-29(3,4)37-27)6-5-7-26(24)35-17-20-8-10-21(11-9-20)31(33)34/h5-11,14,18-19H,12-13,15-17H2,1-4H3. The van der Waals surface area contributed by atoms with E-state index in [0.717, 1.165) is 40.5 Å². The Morgan fingerprint density at radius 1 is 1.11 bits per heavy atom. The number of carbonyl (C=O) groups excluding carboxylic acids is 1. The number of nitro benzene ring substituents is 1. The topological polar surface area (TPSA) is 91.1 Å². The van der Waals surface area contributed by atoms with Crippen LogP contribution in [0.2, 0.25) is 0 Å². The molecule has 1 amide bonds. The molecule has 0 aromatic heterocycles. The van der Waals surface area contributed by atoms with Gasteiger partial charge < -0.3 is 19.1 Å². The highest BCUT2D eigenvalue weighted by molar-refractivity contribution is 6.05. The Morgan fingerprint density at radius 2 is 1.81 bits per heavy atom. The van der Waals surface area contributed by atoms with Gasteiger partial charge in [-0.25, -0.2) is 0 Å². The second-order valence-corrected chi connectivity index (χ2v) is 10.6. The van der Waals surface area contributed by atoms with Crippen LogP contribution in [0.3, 0.4) is 0 Å². The van der Waals surface area contributed by atoms with Gasteiger partial charge >= 0.3 is 0 Å². The van der Waals surface area contributed by atoms with Gasteiger partial charge in [0.1, 0.15) is 23.7 Å². The summed E-state index contributed by atoms with van der Waals surface area (Å²) in [5.41, 5.74) is 2.08. The molecule has 0 radical (unpaired) electrons. The Labute approximate surface area is 216 Å². The highest BCUT2D eigenvalue weighted by atomic mass is 16.6. The summed E-state index contributed by atoms with van der Waals surface area (Å²) in [4.78, 5) is 26.3. The molecule has 1 fully saturated rings. The molecule has 3 aromatic carbocycles. The van der Waals surface area contributed by atoms with Crippen molar-refractivity contribution >= 4 is 22.4 Å². The monoisotopic (exact) mass is 504 g/mol. The third-order valence-corrected chi connectivity index (χ3v) is 7.03. The van der Waals surface area contributed by atoms with Gasteiger partial charge in [0.25, 0.3) is 11.6 Å². The molecule has 194 valence electrons. The van der Waals surface area contributed by atoms with Gasteiger partial charge in [0, 0.05) is 47.1 Å². The largest absolute Gasteiger partial charge is 0.488 e. The molecule has 0 bridgehead atoms. The van der Waals surface area contributed by atoms with E-state index in [1.807, 2.05) is 43.0 Å². The van der Waals surface area contributed by atoms with Crippen molar-refractivity contribution in [1.82, 2.24) is 4.90 Å². The van der Waals surface area contributed by atoms with E-state index < -0.39 is 4.92 Å². The van der Waals surface area contributed by atoms with Crippen molar-refractivity contribution in [2.45, 2.75) is 65.0 Å². The Balaban J connectivity index is 1.54. The summed E-state index contributed by atoms with van der Waals surface area (Å²) in [5, 5.41) is 12.7. The number of nitrogens with zero attached hydrogens (tertiary/aromatic N) is 2. The minimum Gasteiger partial charge on any atom is -0.488 e. The van der Waals surface area contributed by atoms with Gasteiger partial charge in [-0.2, -0.15) is 0 Å². The third-order valence-electron chi connectivity index (χ3n) is 7.03. The summed E-state index contributed by atoms with van der Waals surface area (Å²) < 4.78 is 18.5. The van der Waals surface area contributed by atoms with Crippen molar-refractivity contribution in [1.29, 1.82) is 0 Å². The number of ether oxygens (including phenoxy) is 3. The average molecular weight is 505 g/mol. The Morgan fingerprint density at radius 3 is 2.49 bits per heavy atom. The molecule has 1 saturated heterocycles. The summed E-state index contributed by atoms with van der Waals surface area (Å²) in [6.07, 6.45) is 1.51. The molecule has 2 atom stereocenters. The van der Waals surface area contributed by atoms with Crippen molar-refractivity contribution in [3.8, 4) is 11.5 Å². The number of carbonyl (C=O) groups is 1. The van der Waals surface area contributed by atoms with Crippen LogP contribution in [0.25, 0.3) is 10.8 Å². The van der Waals surface area contributed by atoms with E-state index in [1.165, 1.54) is 12.1 Å². The molecule has 3 aromatic rings. The van der Waals surface area contributed by atoms with Gasteiger partial charge in [-0.3, -0.25) is 14.9 Å². The molecule has 2 aliphatic heterocycles. The summed E-state index contributed by atoms with van der Waals surface area (Å²) in [6.45, 7) is 9.43. The third kappa shape index (κ3) is 5.11. The molecule has 37 heavy (non-hydrogen) atoms. The van der Waals surface area contributed by atoms with E-state index >= 15 is 0 Å². The summed E-state index contributed by atoms with van der Waals surface area (Å²) in [5.74, 6) is 1.35. The zero-order valence-electron chi connectivity index (χ0n) is 21.7. The Bertz CT molecular complexity index is 1340. The number of non-ortho nitro benzene ring substituents is 1. The van der Waals surface area contributed by atoms with Gasteiger partial charge in [0.05, 0.1) is 17.1 Å². The number of fused-ring (bicyclic) bond motifs is 3. The second-order valence-electron chi connectivity index (χ2n) is 10.6. The molecule has 0 saturated carbocycles.